The van der Waals surface area contributed by atoms with E-state index in [-0.39, 0.29) is 37.7 Å². The molecule has 0 aromatic carbocycles. The minimum atomic E-state index is 0. The molecule has 0 atom stereocenters. The summed E-state index contributed by atoms with van der Waals surface area (Å²) >= 11 is 4.28. The van der Waals surface area contributed by atoms with Crippen molar-refractivity contribution in [2.24, 2.45) is 5.92 Å². The summed E-state index contributed by atoms with van der Waals surface area (Å²) in [5, 5.41) is 0.605. The first kappa shape index (κ1) is 18.3. The quantitative estimate of drug-likeness (QED) is 0.589. The average Bonchev–Trinajstić information content (AvgIpc) is 2.32. The molecule has 2 saturated heterocycles. The van der Waals surface area contributed by atoms with Crippen LogP contribution in [0.15, 0.2) is 12.2 Å². The van der Waals surface area contributed by atoms with Crippen LogP contribution in [0.5, 0.6) is 0 Å². The number of hydrogen-bond donors (Lipinski definition) is 1. The van der Waals surface area contributed by atoms with Crippen LogP contribution in [0.25, 0.3) is 0 Å². The summed E-state index contributed by atoms with van der Waals surface area (Å²) in [6.07, 6.45) is 4.61. The van der Waals surface area contributed by atoms with Crippen molar-refractivity contribution in [3.05, 3.63) is 12.2 Å². The maximum Gasteiger partial charge on any atom is 0.0476 e. The van der Waals surface area contributed by atoms with Crippen molar-refractivity contribution >= 4 is 12.6 Å². The molecule has 0 N–H and O–H groups in total. The van der Waals surface area contributed by atoms with Gasteiger partial charge in [0.15, 0.2) is 0 Å². The Morgan fingerprint density at radius 1 is 1.00 bits per heavy atom. The van der Waals surface area contributed by atoms with Crippen LogP contribution in [-0.4, -0.2) is 31.7 Å². The molecular weight excluding hydrogens is 260 g/mol. The van der Waals surface area contributed by atoms with Crippen LogP contribution in [0.4, 0.5) is 0 Å². The maximum atomic E-state index is 5.21. The van der Waals surface area contributed by atoms with Crippen molar-refractivity contribution in [3.63, 3.8) is 0 Å². The number of hydrogen-bond acceptors (Lipinski definition) is 3. The Morgan fingerprint density at radius 2 is 1.41 bits per heavy atom. The zero-order chi connectivity index (χ0) is 11.8. The number of rotatable bonds is 1. The SMILES string of the molecule is C=C(C)C1CCOCC1.SC1CCOCC1.[Ar]. The van der Waals surface area contributed by atoms with Crippen molar-refractivity contribution in [1.82, 2.24) is 0 Å². The molecule has 2 fully saturated rings. The van der Waals surface area contributed by atoms with E-state index in [0.717, 1.165) is 45.2 Å². The van der Waals surface area contributed by atoms with E-state index in [4.69, 9.17) is 9.47 Å². The maximum absolute atomic E-state index is 5.21. The summed E-state index contributed by atoms with van der Waals surface area (Å²) < 4.78 is 10.3. The Bertz CT molecular complexity index is 200. The van der Waals surface area contributed by atoms with Gasteiger partial charge in [-0.3, -0.25) is 0 Å². The van der Waals surface area contributed by atoms with Gasteiger partial charge >= 0.3 is 0 Å². The smallest absolute Gasteiger partial charge is 0.0476 e. The van der Waals surface area contributed by atoms with E-state index in [1.807, 2.05) is 0 Å². The largest absolute Gasteiger partial charge is 0.381 e. The first-order valence-corrected chi connectivity index (χ1v) is 6.70. The summed E-state index contributed by atoms with van der Waals surface area (Å²) in [7, 11) is 0. The Morgan fingerprint density at radius 3 is 1.65 bits per heavy atom. The summed E-state index contributed by atoms with van der Waals surface area (Å²) in [5.74, 6) is 0.735. The van der Waals surface area contributed by atoms with Crippen molar-refractivity contribution in [2.45, 2.75) is 37.9 Å². The molecule has 17 heavy (non-hydrogen) atoms. The van der Waals surface area contributed by atoms with Crippen LogP contribution < -0.4 is 0 Å². The van der Waals surface area contributed by atoms with E-state index < -0.39 is 0 Å². The fraction of sp³-hybridized carbons (Fsp3) is 0.846. The zero-order valence-electron chi connectivity index (χ0n) is 10.6. The first-order valence-electron chi connectivity index (χ1n) is 6.19. The fourth-order valence-electron chi connectivity index (χ4n) is 1.88. The van der Waals surface area contributed by atoms with Gasteiger partial charge < -0.3 is 9.47 Å². The topological polar surface area (TPSA) is 18.5 Å². The molecule has 0 unspecified atom stereocenters. The van der Waals surface area contributed by atoms with Gasteiger partial charge in [-0.15, -0.1) is 0 Å². The van der Waals surface area contributed by atoms with E-state index in [9.17, 15) is 0 Å². The summed E-state index contributed by atoms with van der Waals surface area (Å²) in [5.41, 5.74) is 1.32. The van der Waals surface area contributed by atoms with Gasteiger partial charge in [0.1, 0.15) is 0 Å². The van der Waals surface area contributed by atoms with E-state index in [1.165, 1.54) is 18.4 Å². The normalized spacial score (nSPS) is 22.0. The average molecular weight is 284 g/mol. The third-order valence-corrected chi connectivity index (χ3v) is 3.63. The van der Waals surface area contributed by atoms with E-state index >= 15 is 0 Å². The third-order valence-electron chi connectivity index (χ3n) is 3.11. The van der Waals surface area contributed by atoms with Crippen LogP contribution in [0.1, 0.15) is 32.6 Å². The molecule has 2 heterocycles. The van der Waals surface area contributed by atoms with Crippen LogP contribution in [-0.2, 0) is 9.47 Å². The van der Waals surface area contributed by atoms with Gasteiger partial charge in [-0.05, 0) is 38.5 Å². The zero-order valence-corrected chi connectivity index (χ0v) is 12.2. The van der Waals surface area contributed by atoms with Crippen molar-refractivity contribution in [2.75, 3.05) is 26.4 Å². The molecule has 0 aliphatic carbocycles. The van der Waals surface area contributed by atoms with Gasteiger partial charge in [-0.25, -0.2) is 0 Å². The van der Waals surface area contributed by atoms with E-state index in [2.05, 4.69) is 26.1 Å². The standard InChI is InChI=1S/C8H14O.C5H10OS.Ar/c1-7(2)8-3-5-9-6-4-8;7-5-1-3-6-4-2-5;/h8H,1,3-6H2,2H3;5,7H,1-4H2;. The van der Waals surface area contributed by atoms with Crippen molar-refractivity contribution in [1.29, 1.82) is 0 Å². The van der Waals surface area contributed by atoms with Gasteiger partial charge in [-0.2, -0.15) is 12.6 Å². The molecule has 0 aromatic rings. The van der Waals surface area contributed by atoms with Crippen LogP contribution in [0.2, 0.25) is 0 Å². The second kappa shape index (κ2) is 11.1. The van der Waals surface area contributed by atoms with Gasteiger partial charge in [0, 0.05) is 69.4 Å². The van der Waals surface area contributed by atoms with E-state index in [0.29, 0.717) is 5.25 Å². The molecule has 0 radical (unpaired) electrons. The summed E-state index contributed by atoms with van der Waals surface area (Å²) in [6, 6.07) is 0. The minimum absolute atomic E-state index is 0. The van der Waals surface area contributed by atoms with Crippen LogP contribution in [0, 0.1) is 43.7 Å². The molecule has 2 aliphatic rings. The molecule has 0 spiro atoms. The number of allylic oxidation sites excluding steroid dienone is 1. The van der Waals surface area contributed by atoms with E-state index in [1.54, 1.807) is 0 Å². The second-order valence-corrected chi connectivity index (χ2v) is 5.31. The monoisotopic (exact) mass is 284 g/mol. The predicted molar refractivity (Wildman–Crippen MR) is 71.2 cm³/mol. The predicted octanol–water partition coefficient (Wildman–Crippen LogP) is 3.08. The number of ether oxygens (including phenoxy) is 2. The summed E-state index contributed by atoms with van der Waals surface area (Å²) in [6.45, 7) is 9.71. The number of thiol groups is 1. The summed E-state index contributed by atoms with van der Waals surface area (Å²) in [4.78, 5) is 0. The molecule has 2 aliphatic heterocycles. The Hall–Kier alpha value is 1.27. The minimum Gasteiger partial charge on any atom is -0.381 e. The molecule has 2 rings (SSSR count). The Balaban J connectivity index is 0.000000292. The molecule has 0 saturated carbocycles. The van der Waals surface area contributed by atoms with Crippen LogP contribution >= 0.6 is 12.6 Å². The molecular formula is C13H24ArO2S. The molecule has 4 heteroatoms. The van der Waals surface area contributed by atoms with Crippen molar-refractivity contribution in [3.8, 4) is 0 Å². The molecule has 0 amide bonds. The van der Waals surface area contributed by atoms with Gasteiger partial charge in [0.25, 0.3) is 0 Å². The van der Waals surface area contributed by atoms with Gasteiger partial charge in [-0.1, -0.05) is 12.2 Å². The first-order chi connectivity index (χ1) is 7.70. The van der Waals surface area contributed by atoms with Crippen LogP contribution in [0.3, 0.4) is 0 Å². The Kier molecular flexibility index (Phi) is 12.0. The Labute approximate surface area is 141 Å². The molecule has 0 bridgehead atoms. The second-order valence-electron chi connectivity index (χ2n) is 4.58. The molecule has 2 nitrogen and oxygen atoms in total. The third kappa shape index (κ3) is 8.90. The fourth-order valence-corrected chi connectivity index (χ4v) is 2.09. The molecule has 102 valence electrons. The van der Waals surface area contributed by atoms with Crippen molar-refractivity contribution < 1.29 is 47.2 Å². The molecule has 0 aromatic heterocycles. The van der Waals surface area contributed by atoms with Gasteiger partial charge in [0.2, 0.25) is 0 Å². The van der Waals surface area contributed by atoms with Gasteiger partial charge in [0.05, 0.1) is 0 Å².